The average molecular weight is 397 g/mol. The normalized spacial score (nSPS) is 17.1. The molecular weight excluding hydrogens is 378 g/mol. The van der Waals surface area contributed by atoms with Crippen LogP contribution < -0.4 is 10.6 Å². The molecule has 0 aliphatic carbocycles. The van der Waals surface area contributed by atoms with E-state index in [4.69, 9.17) is 11.6 Å². The van der Waals surface area contributed by atoms with E-state index in [0.717, 1.165) is 31.5 Å². The van der Waals surface area contributed by atoms with Crippen molar-refractivity contribution in [1.29, 1.82) is 0 Å². The fourth-order valence-electron chi connectivity index (χ4n) is 3.03. The molecule has 4 heterocycles. The monoisotopic (exact) mass is 396 g/mol. The molecule has 138 valence electrons. The zero-order valence-corrected chi connectivity index (χ0v) is 15.7. The first-order valence-corrected chi connectivity index (χ1v) is 8.64. The molecule has 0 unspecified atom stereocenters. The average Bonchev–Trinajstić information content (AvgIpc) is 3.02. The number of imidazole rings is 1. The first kappa shape index (κ1) is 18.8. The molecule has 3 aromatic rings. The van der Waals surface area contributed by atoms with E-state index in [-0.39, 0.29) is 18.2 Å². The number of hydrogen-bond donors (Lipinski definition) is 2. The maximum atomic E-state index is 13.6. The van der Waals surface area contributed by atoms with Gasteiger partial charge in [-0.2, -0.15) is 0 Å². The molecule has 2 N–H and O–H groups in total. The number of anilines is 1. The van der Waals surface area contributed by atoms with Crippen molar-refractivity contribution in [2.45, 2.75) is 25.8 Å². The lowest BCUT2D eigenvalue weighted by Gasteiger charge is -2.25. The molecule has 0 amide bonds. The Morgan fingerprint density at radius 3 is 2.96 bits per heavy atom. The highest BCUT2D eigenvalue weighted by atomic mass is 35.5. The second kappa shape index (κ2) is 7.73. The van der Waals surface area contributed by atoms with Crippen molar-refractivity contribution < 1.29 is 4.39 Å². The van der Waals surface area contributed by atoms with Crippen LogP contribution in [0.2, 0.25) is 5.15 Å². The van der Waals surface area contributed by atoms with E-state index in [1.165, 1.54) is 12.3 Å². The highest BCUT2D eigenvalue weighted by molar-refractivity contribution is 6.30. The van der Waals surface area contributed by atoms with Gasteiger partial charge in [-0.3, -0.25) is 4.40 Å². The molecule has 0 saturated carbocycles. The number of hydrogen-bond acceptors (Lipinski definition) is 5. The Hall–Kier alpha value is -1.96. The van der Waals surface area contributed by atoms with E-state index in [1.807, 2.05) is 6.92 Å². The highest BCUT2D eigenvalue weighted by Crippen LogP contribution is 2.26. The van der Waals surface area contributed by atoms with Gasteiger partial charge in [0.05, 0.1) is 6.20 Å². The van der Waals surface area contributed by atoms with Gasteiger partial charge in [0.15, 0.2) is 5.82 Å². The van der Waals surface area contributed by atoms with Crippen molar-refractivity contribution in [3.63, 3.8) is 0 Å². The van der Waals surface area contributed by atoms with Crippen LogP contribution in [0.5, 0.6) is 0 Å². The molecule has 3 aromatic heterocycles. The van der Waals surface area contributed by atoms with E-state index in [9.17, 15) is 4.39 Å². The first-order valence-electron chi connectivity index (χ1n) is 8.26. The number of halogens is 3. The topological polar surface area (TPSA) is 67.1 Å². The smallest absolute Gasteiger partial charge is 0.181 e. The predicted molar refractivity (Wildman–Crippen MR) is 103 cm³/mol. The van der Waals surface area contributed by atoms with Crippen LogP contribution in [0.1, 0.15) is 18.4 Å². The summed E-state index contributed by atoms with van der Waals surface area (Å²) >= 11 is 6.33. The second-order valence-electron chi connectivity index (χ2n) is 6.22. The highest BCUT2D eigenvalue weighted by Gasteiger charge is 2.18. The van der Waals surface area contributed by atoms with Crippen LogP contribution in [0.3, 0.4) is 0 Å². The summed E-state index contributed by atoms with van der Waals surface area (Å²) < 4.78 is 15.2. The second-order valence-corrected chi connectivity index (χ2v) is 6.58. The van der Waals surface area contributed by atoms with E-state index in [0.29, 0.717) is 34.2 Å². The van der Waals surface area contributed by atoms with E-state index < -0.39 is 0 Å². The number of pyridine rings is 1. The Morgan fingerprint density at radius 1 is 1.35 bits per heavy atom. The quantitative estimate of drug-likeness (QED) is 0.663. The van der Waals surface area contributed by atoms with Gasteiger partial charge in [0, 0.05) is 24.3 Å². The third kappa shape index (κ3) is 3.60. The number of nitrogens with zero attached hydrogens (tertiary/aromatic N) is 4. The van der Waals surface area contributed by atoms with Crippen LogP contribution in [0.15, 0.2) is 24.5 Å². The van der Waals surface area contributed by atoms with E-state index in [1.54, 1.807) is 16.7 Å². The zero-order valence-electron chi connectivity index (χ0n) is 14.2. The molecule has 0 bridgehead atoms. The third-order valence-corrected chi connectivity index (χ3v) is 4.79. The lowest BCUT2D eigenvalue weighted by molar-refractivity contribution is 0.479. The molecule has 26 heavy (non-hydrogen) atoms. The van der Waals surface area contributed by atoms with Crippen LogP contribution in [0, 0.1) is 12.7 Å². The molecule has 1 aliphatic heterocycles. The molecule has 1 aliphatic rings. The van der Waals surface area contributed by atoms with Gasteiger partial charge in [0.2, 0.25) is 0 Å². The van der Waals surface area contributed by atoms with Crippen molar-refractivity contribution in [3.05, 3.63) is 41.1 Å². The molecule has 6 nitrogen and oxygen atoms in total. The van der Waals surface area contributed by atoms with Crippen LogP contribution in [0.25, 0.3) is 17.2 Å². The lowest BCUT2D eigenvalue weighted by atomic mass is 10.1. The summed E-state index contributed by atoms with van der Waals surface area (Å²) in [6, 6.07) is 3.28. The maximum absolute atomic E-state index is 13.6. The summed E-state index contributed by atoms with van der Waals surface area (Å²) in [5.41, 5.74) is 2.03. The van der Waals surface area contributed by atoms with E-state index in [2.05, 4.69) is 25.6 Å². The summed E-state index contributed by atoms with van der Waals surface area (Å²) in [5, 5.41) is 7.19. The lowest BCUT2D eigenvalue weighted by Crippen LogP contribution is -2.38. The molecule has 1 atom stereocenters. The Kier molecular flexibility index (Phi) is 5.60. The minimum atomic E-state index is -0.350. The number of fused-ring (bicyclic) bond motifs is 1. The van der Waals surface area contributed by atoms with Gasteiger partial charge in [-0.05, 0) is 38.4 Å². The Labute approximate surface area is 161 Å². The third-order valence-electron chi connectivity index (χ3n) is 4.42. The summed E-state index contributed by atoms with van der Waals surface area (Å²) in [4.78, 5) is 13.3. The Balaban J connectivity index is 0.00000196. The number of nitrogens with one attached hydrogen (secondary N) is 2. The maximum Gasteiger partial charge on any atom is 0.181 e. The van der Waals surface area contributed by atoms with Gasteiger partial charge >= 0.3 is 0 Å². The molecule has 0 radical (unpaired) electrons. The number of aromatic nitrogens is 4. The Bertz CT molecular complexity index is 923. The summed E-state index contributed by atoms with van der Waals surface area (Å²) in [7, 11) is 0. The Morgan fingerprint density at radius 2 is 2.19 bits per heavy atom. The molecule has 9 heteroatoms. The van der Waals surface area contributed by atoms with Crippen molar-refractivity contribution in [2.24, 2.45) is 0 Å². The molecule has 4 rings (SSSR count). The fourth-order valence-corrected chi connectivity index (χ4v) is 3.20. The molecule has 0 spiro atoms. The number of rotatable bonds is 3. The van der Waals surface area contributed by atoms with Crippen LogP contribution in [-0.2, 0) is 0 Å². The summed E-state index contributed by atoms with van der Waals surface area (Å²) in [6.45, 7) is 3.82. The largest absolute Gasteiger partial charge is 0.366 e. The van der Waals surface area contributed by atoms with Crippen molar-refractivity contribution in [1.82, 2.24) is 24.7 Å². The van der Waals surface area contributed by atoms with Gasteiger partial charge in [0.1, 0.15) is 28.1 Å². The van der Waals surface area contributed by atoms with E-state index >= 15 is 0 Å². The predicted octanol–water partition coefficient (Wildman–Crippen LogP) is 3.48. The molecular formula is C17H19Cl2FN6. The summed E-state index contributed by atoms with van der Waals surface area (Å²) in [6.07, 6.45) is 5.19. The van der Waals surface area contributed by atoms with Gasteiger partial charge in [0.25, 0.3) is 0 Å². The van der Waals surface area contributed by atoms with Crippen molar-refractivity contribution >= 4 is 35.5 Å². The first-order chi connectivity index (χ1) is 12.1. The van der Waals surface area contributed by atoms with Crippen molar-refractivity contribution in [2.75, 3.05) is 18.4 Å². The van der Waals surface area contributed by atoms with Gasteiger partial charge in [-0.1, -0.05) is 11.6 Å². The van der Waals surface area contributed by atoms with Crippen molar-refractivity contribution in [3.8, 4) is 11.5 Å². The van der Waals surface area contributed by atoms with Crippen LogP contribution in [0.4, 0.5) is 10.2 Å². The minimum Gasteiger partial charge on any atom is -0.366 e. The standard InChI is InChI=1S/C17H18ClFN6.ClH/c1-10-15(18)23-17(24-16(10)22-12-3-2-6-20-7-12)13-8-21-14-5-4-11(19)9-25(13)14;/h4-5,8-9,12,20H,2-3,6-7H2,1H3,(H,22,23,24);1H/t12-;/m1./s1. The van der Waals surface area contributed by atoms with Crippen LogP contribution in [-0.4, -0.2) is 38.5 Å². The van der Waals surface area contributed by atoms with Gasteiger partial charge < -0.3 is 10.6 Å². The fraction of sp³-hybridized carbons (Fsp3) is 0.353. The molecule has 1 fully saturated rings. The number of piperidine rings is 1. The molecule has 0 aromatic carbocycles. The summed E-state index contributed by atoms with van der Waals surface area (Å²) in [5.74, 6) is 0.770. The van der Waals surface area contributed by atoms with Gasteiger partial charge in [-0.25, -0.2) is 19.3 Å². The van der Waals surface area contributed by atoms with Gasteiger partial charge in [-0.15, -0.1) is 12.4 Å². The van der Waals surface area contributed by atoms with Crippen LogP contribution >= 0.6 is 24.0 Å². The minimum absolute atomic E-state index is 0. The SMILES string of the molecule is Cc1c(Cl)nc(-c2cnc3ccc(F)cn23)nc1N[C@@H]1CCCNC1.Cl. The molecule has 1 saturated heterocycles. The zero-order chi connectivity index (χ0) is 17.4.